The molecule has 0 aliphatic carbocycles. The van der Waals surface area contributed by atoms with Crippen molar-refractivity contribution in [3.8, 4) is 0 Å². The number of amides is 2. The van der Waals surface area contributed by atoms with Crippen LogP contribution in [0.4, 0.5) is 13.6 Å². The lowest BCUT2D eigenvalue weighted by atomic mass is 10.2. The predicted molar refractivity (Wildman–Crippen MR) is 92.7 cm³/mol. The Morgan fingerprint density at radius 1 is 1.00 bits per heavy atom. The molecule has 0 atom stereocenters. The molecule has 2 amide bonds. The molecule has 0 saturated heterocycles. The minimum absolute atomic E-state index is 0.0212. The summed E-state index contributed by atoms with van der Waals surface area (Å²) in [5.41, 5.74) is 0.696. The van der Waals surface area contributed by atoms with Crippen LogP contribution in [0.15, 0.2) is 47.4 Å². The van der Waals surface area contributed by atoms with Crippen molar-refractivity contribution >= 4 is 16.1 Å². The molecule has 0 aromatic heterocycles. The molecule has 140 valence electrons. The van der Waals surface area contributed by atoms with E-state index in [1.165, 1.54) is 20.2 Å². The van der Waals surface area contributed by atoms with Gasteiger partial charge in [0.2, 0.25) is 10.0 Å². The van der Waals surface area contributed by atoms with Crippen LogP contribution in [-0.4, -0.2) is 32.8 Å². The molecule has 2 aromatic carbocycles. The lowest BCUT2D eigenvalue weighted by Gasteiger charge is -2.15. The van der Waals surface area contributed by atoms with Crippen LogP contribution in [-0.2, 0) is 23.1 Å². The predicted octanol–water partition coefficient (Wildman–Crippen LogP) is 2.21. The molecule has 0 unspecified atom stereocenters. The maximum Gasteiger partial charge on any atom is 0.315 e. The van der Waals surface area contributed by atoms with E-state index in [4.69, 9.17) is 0 Å². The summed E-state index contributed by atoms with van der Waals surface area (Å²) in [5, 5.41) is 4.99. The summed E-state index contributed by atoms with van der Waals surface area (Å²) < 4.78 is 51.9. The zero-order valence-corrected chi connectivity index (χ0v) is 15.1. The highest BCUT2D eigenvalue weighted by Gasteiger charge is 2.20. The van der Waals surface area contributed by atoms with E-state index in [1.54, 1.807) is 18.2 Å². The van der Waals surface area contributed by atoms with E-state index in [0.717, 1.165) is 22.5 Å². The van der Waals surface area contributed by atoms with E-state index in [9.17, 15) is 22.0 Å². The highest BCUT2D eigenvalue weighted by molar-refractivity contribution is 7.89. The van der Waals surface area contributed by atoms with Gasteiger partial charge < -0.3 is 10.6 Å². The Kier molecular flexibility index (Phi) is 6.27. The van der Waals surface area contributed by atoms with Gasteiger partial charge in [0.1, 0.15) is 11.6 Å². The van der Waals surface area contributed by atoms with Crippen LogP contribution in [0.3, 0.4) is 0 Å². The van der Waals surface area contributed by atoms with Crippen molar-refractivity contribution in [3.63, 3.8) is 0 Å². The van der Waals surface area contributed by atoms with Gasteiger partial charge in [0.05, 0.1) is 4.90 Å². The lowest BCUT2D eigenvalue weighted by molar-refractivity contribution is 0.240. The Balaban J connectivity index is 2.00. The van der Waals surface area contributed by atoms with Gasteiger partial charge in [-0.25, -0.2) is 26.3 Å². The van der Waals surface area contributed by atoms with E-state index < -0.39 is 27.7 Å². The molecule has 26 heavy (non-hydrogen) atoms. The van der Waals surface area contributed by atoms with Crippen molar-refractivity contribution in [1.29, 1.82) is 0 Å². The summed E-state index contributed by atoms with van der Waals surface area (Å²) in [6.45, 7) is -0.0925. The summed E-state index contributed by atoms with van der Waals surface area (Å²) in [6, 6.07) is 8.69. The second kappa shape index (κ2) is 8.24. The number of nitrogens with zero attached hydrogens (tertiary/aromatic N) is 1. The summed E-state index contributed by atoms with van der Waals surface area (Å²) in [5.74, 6) is -1.46. The largest absolute Gasteiger partial charge is 0.334 e. The average molecular weight is 383 g/mol. The molecular formula is C17H19F2N3O3S. The van der Waals surface area contributed by atoms with Crippen molar-refractivity contribution in [3.05, 3.63) is 65.2 Å². The van der Waals surface area contributed by atoms with E-state index >= 15 is 0 Å². The topological polar surface area (TPSA) is 78.5 Å². The van der Waals surface area contributed by atoms with Crippen LogP contribution in [0.2, 0.25) is 0 Å². The van der Waals surface area contributed by atoms with Gasteiger partial charge in [0.15, 0.2) is 0 Å². The molecule has 0 heterocycles. The van der Waals surface area contributed by atoms with Gasteiger partial charge in [-0.3, -0.25) is 0 Å². The molecule has 0 radical (unpaired) electrons. The van der Waals surface area contributed by atoms with E-state index in [2.05, 4.69) is 10.6 Å². The fourth-order valence-electron chi connectivity index (χ4n) is 2.23. The molecule has 0 saturated carbocycles. The molecule has 6 nitrogen and oxygen atoms in total. The summed E-state index contributed by atoms with van der Waals surface area (Å²) in [4.78, 5) is 12.0. The molecule has 0 aliphatic rings. The molecular weight excluding hydrogens is 364 g/mol. The molecule has 0 bridgehead atoms. The first-order chi connectivity index (χ1) is 12.2. The second-order valence-corrected chi connectivity index (χ2v) is 7.83. The van der Waals surface area contributed by atoms with Gasteiger partial charge in [0, 0.05) is 33.3 Å². The minimum atomic E-state index is -3.64. The summed E-state index contributed by atoms with van der Waals surface area (Å²) >= 11 is 0. The van der Waals surface area contributed by atoms with Crippen LogP contribution < -0.4 is 10.6 Å². The van der Waals surface area contributed by atoms with E-state index in [0.29, 0.717) is 5.56 Å². The number of hydrogen-bond donors (Lipinski definition) is 2. The quantitative estimate of drug-likeness (QED) is 0.803. The Labute approximate surface area is 150 Å². The van der Waals surface area contributed by atoms with Crippen LogP contribution in [0.5, 0.6) is 0 Å². The normalized spacial score (nSPS) is 11.4. The van der Waals surface area contributed by atoms with Gasteiger partial charge in [-0.1, -0.05) is 18.2 Å². The van der Waals surface area contributed by atoms with Gasteiger partial charge >= 0.3 is 6.03 Å². The number of benzene rings is 2. The van der Waals surface area contributed by atoms with Crippen molar-refractivity contribution < 1.29 is 22.0 Å². The standard InChI is InChI=1S/C17H19F2N3O3S/c1-22(2)26(24,25)16-6-4-3-5-13(16)11-21-17(23)20-10-12-7-14(18)9-15(19)8-12/h3-9H,10-11H2,1-2H3,(H2,20,21,23). The third-order valence-corrected chi connectivity index (χ3v) is 5.46. The van der Waals surface area contributed by atoms with Gasteiger partial charge in [-0.15, -0.1) is 0 Å². The number of rotatable bonds is 6. The molecule has 0 spiro atoms. The highest BCUT2D eigenvalue weighted by Crippen LogP contribution is 2.18. The van der Waals surface area contributed by atoms with Crippen LogP contribution in [0, 0.1) is 11.6 Å². The van der Waals surface area contributed by atoms with Gasteiger partial charge in [-0.05, 0) is 29.3 Å². The molecule has 9 heteroatoms. The number of urea groups is 1. The molecule has 0 aliphatic heterocycles. The second-order valence-electron chi connectivity index (χ2n) is 5.71. The number of carbonyl (C=O) groups excluding carboxylic acids is 1. The Morgan fingerprint density at radius 3 is 2.19 bits per heavy atom. The monoisotopic (exact) mass is 383 g/mol. The molecule has 2 N–H and O–H groups in total. The third kappa shape index (κ3) is 4.99. The van der Waals surface area contributed by atoms with Crippen molar-refractivity contribution in [2.75, 3.05) is 14.1 Å². The Morgan fingerprint density at radius 2 is 1.58 bits per heavy atom. The first-order valence-electron chi connectivity index (χ1n) is 7.67. The van der Waals surface area contributed by atoms with Crippen molar-refractivity contribution in [2.45, 2.75) is 18.0 Å². The lowest BCUT2D eigenvalue weighted by Crippen LogP contribution is -2.35. The number of nitrogens with one attached hydrogen (secondary N) is 2. The third-order valence-electron chi connectivity index (χ3n) is 3.55. The van der Waals surface area contributed by atoms with Gasteiger partial charge in [-0.2, -0.15) is 0 Å². The molecule has 2 rings (SSSR count). The number of hydrogen-bond acceptors (Lipinski definition) is 3. The zero-order chi connectivity index (χ0) is 19.3. The fourth-order valence-corrected chi connectivity index (χ4v) is 3.35. The number of halogens is 2. The van der Waals surface area contributed by atoms with Crippen molar-refractivity contribution in [2.24, 2.45) is 0 Å². The maximum atomic E-state index is 13.1. The number of carbonyl (C=O) groups is 1. The minimum Gasteiger partial charge on any atom is -0.334 e. The van der Waals surface area contributed by atoms with Crippen LogP contribution >= 0.6 is 0 Å². The SMILES string of the molecule is CN(C)S(=O)(=O)c1ccccc1CNC(=O)NCc1cc(F)cc(F)c1. The average Bonchev–Trinajstić information content (AvgIpc) is 2.57. The van der Waals surface area contributed by atoms with Crippen molar-refractivity contribution in [1.82, 2.24) is 14.9 Å². The van der Waals surface area contributed by atoms with E-state index in [1.807, 2.05) is 0 Å². The first kappa shape index (κ1) is 19.8. The van der Waals surface area contributed by atoms with Crippen LogP contribution in [0.25, 0.3) is 0 Å². The van der Waals surface area contributed by atoms with Gasteiger partial charge in [0.25, 0.3) is 0 Å². The highest BCUT2D eigenvalue weighted by atomic mass is 32.2. The van der Waals surface area contributed by atoms with E-state index in [-0.39, 0.29) is 23.5 Å². The zero-order valence-electron chi connectivity index (χ0n) is 14.3. The Bertz CT molecular complexity index is 882. The first-order valence-corrected chi connectivity index (χ1v) is 9.11. The molecule has 0 fully saturated rings. The number of sulfonamides is 1. The van der Waals surface area contributed by atoms with Crippen LogP contribution in [0.1, 0.15) is 11.1 Å². The molecule has 2 aromatic rings. The fraction of sp³-hybridized carbons (Fsp3) is 0.235. The maximum absolute atomic E-state index is 13.1. The smallest absolute Gasteiger partial charge is 0.315 e. The summed E-state index contributed by atoms with van der Waals surface area (Å²) in [6.07, 6.45) is 0. The Hall–Kier alpha value is -2.52. The summed E-state index contributed by atoms with van der Waals surface area (Å²) in [7, 11) is -0.800.